The summed E-state index contributed by atoms with van der Waals surface area (Å²) in [6, 6.07) is 14.3. The number of halogens is 1. The SMILES string of the molecule is Cc1ccc(C(N)c2ccoc2Br)c2ccccc12. The Morgan fingerprint density at radius 2 is 1.74 bits per heavy atom. The van der Waals surface area contributed by atoms with Crippen LogP contribution in [-0.2, 0) is 0 Å². The highest BCUT2D eigenvalue weighted by atomic mass is 79.9. The molecule has 0 saturated carbocycles. The maximum Gasteiger partial charge on any atom is 0.174 e. The van der Waals surface area contributed by atoms with Crippen molar-refractivity contribution >= 4 is 26.7 Å². The second kappa shape index (κ2) is 4.83. The van der Waals surface area contributed by atoms with Crippen LogP contribution in [0.4, 0.5) is 0 Å². The molecule has 0 aliphatic carbocycles. The zero-order valence-electron chi connectivity index (χ0n) is 10.6. The van der Waals surface area contributed by atoms with Crippen molar-refractivity contribution in [1.29, 1.82) is 0 Å². The van der Waals surface area contributed by atoms with Crippen molar-refractivity contribution in [3.05, 3.63) is 70.1 Å². The van der Waals surface area contributed by atoms with Gasteiger partial charge in [0.15, 0.2) is 4.67 Å². The molecular formula is C16H14BrNO. The summed E-state index contributed by atoms with van der Waals surface area (Å²) in [5.41, 5.74) is 9.73. The van der Waals surface area contributed by atoms with Gasteiger partial charge in [0.1, 0.15) is 0 Å². The van der Waals surface area contributed by atoms with E-state index < -0.39 is 0 Å². The van der Waals surface area contributed by atoms with Crippen LogP contribution in [0.15, 0.2) is 57.8 Å². The molecule has 0 radical (unpaired) electrons. The van der Waals surface area contributed by atoms with Crippen LogP contribution in [0.3, 0.4) is 0 Å². The summed E-state index contributed by atoms with van der Waals surface area (Å²) >= 11 is 3.40. The van der Waals surface area contributed by atoms with Crippen molar-refractivity contribution in [2.45, 2.75) is 13.0 Å². The standard InChI is InChI=1S/C16H14BrNO/c1-10-6-7-13(12-5-3-2-4-11(10)12)15(18)14-8-9-19-16(14)17/h2-9,15H,18H2,1H3. The first-order valence-electron chi connectivity index (χ1n) is 6.15. The number of rotatable bonds is 2. The summed E-state index contributed by atoms with van der Waals surface area (Å²) in [5.74, 6) is 0. The van der Waals surface area contributed by atoms with Crippen LogP contribution in [0.2, 0.25) is 0 Å². The van der Waals surface area contributed by atoms with Crippen LogP contribution >= 0.6 is 15.9 Å². The zero-order chi connectivity index (χ0) is 13.4. The van der Waals surface area contributed by atoms with Gasteiger partial charge in [0.05, 0.1) is 12.3 Å². The largest absolute Gasteiger partial charge is 0.457 e. The lowest BCUT2D eigenvalue weighted by molar-refractivity contribution is 0.535. The second-order valence-electron chi connectivity index (χ2n) is 4.64. The molecule has 1 unspecified atom stereocenters. The van der Waals surface area contributed by atoms with E-state index in [9.17, 15) is 0 Å². The molecule has 0 fully saturated rings. The topological polar surface area (TPSA) is 39.2 Å². The monoisotopic (exact) mass is 315 g/mol. The fraction of sp³-hybridized carbons (Fsp3) is 0.125. The molecular weight excluding hydrogens is 302 g/mol. The summed E-state index contributed by atoms with van der Waals surface area (Å²) in [7, 11) is 0. The molecule has 2 nitrogen and oxygen atoms in total. The van der Waals surface area contributed by atoms with Crippen LogP contribution < -0.4 is 5.73 Å². The average Bonchev–Trinajstić information content (AvgIpc) is 2.85. The fourth-order valence-corrected chi connectivity index (χ4v) is 2.93. The van der Waals surface area contributed by atoms with Gasteiger partial charge in [0.2, 0.25) is 0 Å². The first-order chi connectivity index (χ1) is 9.18. The number of nitrogens with two attached hydrogens (primary N) is 1. The average molecular weight is 316 g/mol. The van der Waals surface area contributed by atoms with Gasteiger partial charge in [-0.1, -0.05) is 36.4 Å². The Morgan fingerprint density at radius 3 is 2.42 bits per heavy atom. The molecule has 1 atom stereocenters. The number of fused-ring (bicyclic) bond motifs is 1. The molecule has 0 bridgehead atoms. The third-order valence-electron chi connectivity index (χ3n) is 3.49. The highest BCUT2D eigenvalue weighted by Crippen LogP contribution is 2.32. The fourth-order valence-electron chi connectivity index (χ4n) is 2.44. The maximum absolute atomic E-state index is 6.39. The lowest BCUT2D eigenvalue weighted by atomic mass is 9.94. The predicted molar refractivity (Wildman–Crippen MR) is 81.1 cm³/mol. The molecule has 3 aromatic rings. The Labute approximate surface area is 120 Å². The van der Waals surface area contributed by atoms with Gasteiger partial charge in [-0.05, 0) is 50.8 Å². The van der Waals surface area contributed by atoms with E-state index in [1.54, 1.807) is 6.26 Å². The van der Waals surface area contributed by atoms with Crippen LogP contribution in [0.5, 0.6) is 0 Å². The van der Waals surface area contributed by atoms with E-state index in [1.807, 2.05) is 12.1 Å². The molecule has 0 saturated heterocycles. The van der Waals surface area contributed by atoms with Gasteiger partial charge in [-0.2, -0.15) is 0 Å². The van der Waals surface area contributed by atoms with Crippen LogP contribution in [0.25, 0.3) is 10.8 Å². The Hall–Kier alpha value is -1.58. The first-order valence-corrected chi connectivity index (χ1v) is 6.94. The van der Waals surface area contributed by atoms with E-state index in [-0.39, 0.29) is 6.04 Å². The van der Waals surface area contributed by atoms with E-state index in [1.165, 1.54) is 16.3 Å². The second-order valence-corrected chi connectivity index (χ2v) is 5.36. The van der Waals surface area contributed by atoms with Crippen molar-refractivity contribution in [1.82, 2.24) is 0 Å². The number of benzene rings is 2. The molecule has 0 spiro atoms. The minimum atomic E-state index is -0.196. The smallest absolute Gasteiger partial charge is 0.174 e. The number of hydrogen-bond donors (Lipinski definition) is 1. The van der Waals surface area contributed by atoms with Crippen LogP contribution in [-0.4, -0.2) is 0 Å². The quantitative estimate of drug-likeness (QED) is 0.753. The van der Waals surface area contributed by atoms with Crippen molar-refractivity contribution in [2.75, 3.05) is 0 Å². The van der Waals surface area contributed by atoms with Gasteiger partial charge in [-0.25, -0.2) is 0 Å². The van der Waals surface area contributed by atoms with Crippen LogP contribution in [0.1, 0.15) is 22.7 Å². The summed E-state index contributed by atoms with van der Waals surface area (Å²) in [5, 5.41) is 2.44. The highest BCUT2D eigenvalue weighted by molar-refractivity contribution is 9.10. The summed E-state index contributed by atoms with van der Waals surface area (Å²) in [6.07, 6.45) is 1.65. The lowest BCUT2D eigenvalue weighted by Gasteiger charge is -2.15. The molecule has 1 aromatic heterocycles. The van der Waals surface area contributed by atoms with Gasteiger partial charge in [0, 0.05) is 5.56 Å². The molecule has 0 amide bonds. The van der Waals surface area contributed by atoms with E-state index in [0.717, 1.165) is 11.1 Å². The number of aryl methyl sites for hydroxylation is 1. The van der Waals surface area contributed by atoms with E-state index >= 15 is 0 Å². The molecule has 3 heteroatoms. The minimum Gasteiger partial charge on any atom is -0.457 e. The Kier molecular flexibility index (Phi) is 3.17. The molecule has 19 heavy (non-hydrogen) atoms. The third kappa shape index (κ3) is 2.09. The summed E-state index contributed by atoms with van der Waals surface area (Å²) < 4.78 is 5.98. The lowest BCUT2D eigenvalue weighted by Crippen LogP contribution is -2.12. The molecule has 2 N–H and O–H groups in total. The minimum absolute atomic E-state index is 0.196. The van der Waals surface area contributed by atoms with E-state index in [0.29, 0.717) is 4.67 Å². The normalized spacial score (nSPS) is 12.8. The van der Waals surface area contributed by atoms with E-state index in [4.69, 9.17) is 10.2 Å². The van der Waals surface area contributed by atoms with Crippen molar-refractivity contribution in [3.8, 4) is 0 Å². The van der Waals surface area contributed by atoms with Crippen molar-refractivity contribution in [2.24, 2.45) is 5.73 Å². The van der Waals surface area contributed by atoms with Gasteiger partial charge in [-0.15, -0.1) is 0 Å². The Morgan fingerprint density at radius 1 is 1.00 bits per heavy atom. The summed E-state index contributed by atoms with van der Waals surface area (Å²) in [6.45, 7) is 2.12. The van der Waals surface area contributed by atoms with Crippen molar-refractivity contribution < 1.29 is 4.42 Å². The molecule has 1 heterocycles. The van der Waals surface area contributed by atoms with E-state index in [2.05, 4.69) is 53.2 Å². The van der Waals surface area contributed by atoms with Gasteiger partial charge >= 0.3 is 0 Å². The van der Waals surface area contributed by atoms with Crippen molar-refractivity contribution in [3.63, 3.8) is 0 Å². The predicted octanol–water partition coefficient (Wildman–Crippen LogP) is 4.55. The Balaban J connectivity index is 2.21. The van der Waals surface area contributed by atoms with Gasteiger partial charge in [0.25, 0.3) is 0 Å². The molecule has 0 aliphatic heterocycles. The first kappa shape index (κ1) is 12.5. The van der Waals surface area contributed by atoms with Crippen LogP contribution in [0, 0.1) is 6.92 Å². The molecule has 2 aromatic carbocycles. The maximum atomic E-state index is 6.39. The molecule has 3 rings (SSSR count). The van der Waals surface area contributed by atoms with Gasteiger partial charge < -0.3 is 10.2 Å². The molecule has 0 aliphatic rings. The number of furan rings is 1. The molecule has 96 valence electrons. The summed E-state index contributed by atoms with van der Waals surface area (Å²) in [4.78, 5) is 0. The number of hydrogen-bond acceptors (Lipinski definition) is 2. The zero-order valence-corrected chi connectivity index (χ0v) is 12.1. The van der Waals surface area contributed by atoms with Gasteiger partial charge in [-0.3, -0.25) is 0 Å². The highest BCUT2D eigenvalue weighted by Gasteiger charge is 2.17. The third-order valence-corrected chi connectivity index (χ3v) is 4.14. The Bertz CT molecular complexity index is 732.